The number of urea groups is 1. The van der Waals surface area contributed by atoms with Crippen LogP contribution in [0.4, 0.5) is 10.5 Å². The van der Waals surface area contributed by atoms with Crippen LogP contribution in [0.15, 0.2) is 81.7 Å². The summed E-state index contributed by atoms with van der Waals surface area (Å²) in [7, 11) is -4.05. The Kier molecular flexibility index (Phi) is 6.60. The molecule has 0 radical (unpaired) electrons. The van der Waals surface area contributed by atoms with Crippen molar-refractivity contribution in [1.82, 2.24) is 5.32 Å². The molecule has 1 aliphatic heterocycles. The smallest absolute Gasteiger partial charge is 0.339 e. The molecule has 1 heterocycles. The van der Waals surface area contributed by atoms with Gasteiger partial charge in [-0.2, -0.15) is 8.42 Å². The number of barbiturate groups is 1. The highest BCUT2D eigenvalue weighted by Gasteiger charge is 2.37. The number of anilines is 1. The molecule has 1 fully saturated rings. The Balaban J connectivity index is 1.63. The van der Waals surface area contributed by atoms with E-state index in [-0.39, 0.29) is 20.7 Å². The average molecular weight is 555 g/mol. The zero-order chi connectivity index (χ0) is 25.3. The molecule has 0 aromatic heterocycles. The maximum atomic E-state index is 13.1. The molecule has 10 heteroatoms. The summed E-state index contributed by atoms with van der Waals surface area (Å²) in [5, 5.41) is 2.18. The third-order valence-corrected chi connectivity index (χ3v) is 7.22. The molecular formula is C25H19BrN2O6S. The van der Waals surface area contributed by atoms with Gasteiger partial charge in [-0.15, -0.1) is 0 Å². The minimum Gasteiger partial charge on any atom is -0.378 e. The summed E-state index contributed by atoms with van der Waals surface area (Å²) >= 11 is 3.27. The van der Waals surface area contributed by atoms with Gasteiger partial charge in [0.2, 0.25) is 0 Å². The normalized spacial score (nSPS) is 15.3. The minimum absolute atomic E-state index is 0.00123. The lowest BCUT2D eigenvalue weighted by Crippen LogP contribution is -2.54. The number of halogens is 1. The van der Waals surface area contributed by atoms with Gasteiger partial charge in [-0.1, -0.05) is 30.3 Å². The van der Waals surface area contributed by atoms with Crippen molar-refractivity contribution < 1.29 is 27.0 Å². The molecule has 1 aliphatic rings. The number of nitrogens with zero attached hydrogens (tertiary/aromatic N) is 1. The van der Waals surface area contributed by atoms with Crippen LogP contribution in [0.25, 0.3) is 6.08 Å². The van der Waals surface area contributed by atoms with Crippen molar-refractivity contribution in [1.29, 1.82) is 0 Å². The van der Waals surface area contributed by atoms with Gasteiger partial charge in [0.15, 0.2) is 5.75 Å². The predicted octanol–water partition coefficient (Wildman–Crippen LogP) is 4.50. The molecule has 0 bridgehead atoms. The van der Waals surface area contributed by atoms with Crippen LogP contribution in [0.1, 0.15) is 16.7 Å². The molecule has 0 aliphatic carbocycles. The van der Waals surface area contributed by atoms with Crippen LogP contribution < -0.4 is 14.4 Å². The quantitative estimate of drug-likeness (QED) is 0.282. The maximum absolute atomic E-state index is 13.1. The summed E-state index contributed by atoms with van der Waals surface area (Å²) in [4.78, 5) is 38.9. The van der Waals surface area contributed by atoms with Gasteiger partial charge in [-0.05, 0) is 88.9 Å². The van der Waals surface area contributed by atoms with Crippen LogP contribution in [-0.2, 0) is 19.7 Å². The van der Waals surface area contributed by atoms with Crippen LogP contribution in [0, 0.1) is 13.8 Å². The Morgan fingerprint density at radius 3 is 2.29 bits per heavy atom. The highest BCUT2D eigenvalue weighted by atomic mass is 79.9. The molecular weight excluding hydrogens is 536 g/mol. The summed E-state index contributed by atoms with van der Waals surface area (Å²) in [6.07, 6.45) is 1.32. The fraction of sp³-hybridized carbons (Fsp3) is 0.0800. The lowest BCUT2D eigenvalue weighted by Gasteiger charge is -2.26. The summed E-state index contributed by atoms with van der Waals surface area (Å²) in [5.41, 5.74) is 2.38. The van der Waals surface area contributed by atoms with E-state index in [4.69, 9.17) is 4.18 Å². The molecule has 3 aromatic carbocycles. The van der Waals surface area contributed by atoms with E-state index in [1.54, 1.807) is 36.4 Å². The van der Waals surface area contributed by atoms with Crippen molar-refractivity contribution in [2.45, 2.75) is 18.7 Å². The van der Waals surface area contributed by atoms with Gasteiger partial charge in [0.1, 0.15) is 10.5 Å². The fourth-order valence-corrected chi connectivity index (χ4v) is 4.90. The van der Waals surface area contributed by atoms with Gasteiger partial charge in [-0.25, -0.2) is 9.69 Å². The number of nitrogens with one attached hydrogen (secondary N) is 1. The van der Waals surface area contributed by atoms with E-state index in [9.17, 15) is 22.8 Å². The average Bonchev–Trinajstić information content (AvgIpc) is 2.81. The largest absolute Gasteiger partial charge is 0.378 e. The Bertz CT molecular complexity index is 1500. The van der Waals surface area contributed by atoms with E-state index in [1.807, 2.05) is 13.8 Å². The lowest BCUT2D eigenvalue weighted by molar-refractivity contribution is -0.122. The van der Waals surface area contributed by atoms with Gasteiger partial charge < -0.3 is 4.18 Å². The molecule has 3 aromatic rings. The Labute approximate surface area is 210 Å². The molecule has 0 unspecified atom stereocenters. The lowest BCUT2D eigenvalue weighted by atomic mass is 10.1. The van der Waals surface area contributed by atoms with Crippen molar-refractivity contribution in [3.8, 4) is 5.75 Å². The molecule has 4 rings (SSSR count). The second kappa shape index (κ2) is 9.47. The number of benzene rings is 3. The zero-order valence-electron chi connectivity index (χ0n) is 18.6. The topological polar surface area (TPSA) is 110 Å². The second-order valence-electron chi connectivity index (χ2n) is 7.77. The standard InChI is InChI=1S/C25H19BrN2O6S/c1-15-8-10-18(12-16(15)2)28-24(30)20(23(29)27-25(28)31)13-17-9-11-22(21(26)14-17)34-35(32,33)19-6-4-3-5-7-19/h3-14H,1-2H3,(H,27,29,31)/b20-13+. The van der Waals surface area contributed by atoms with Gasteiger partial charge in [0, 0.05) is 0 Å². The van der Waals surface area contributed by atoms with Crippen LogP contribution in [-0.4, -0.2) is 26.3 Å². The molecule has 1 saturated heterocycles. The van der Waals surface area contributed by atoms with E-state index < -0.39 is 28.0 Å². The highest BCUT2D eigenvalue weighted by molar-refractivity contribution is 9.10. The van der Waals surface area contributed by atoms with Gasteiger partial charge in [-0.3, -0.25) is 14.9 Å². The zero-order valence-corrected chi connectivity index (χ0v) is 21.0. The number of hydrogen-bond acceptors (Lipinski definition) is 6. The minimum atomic E-state index is -4.05. The SMILES string of the molecule is Cc1ccc(N2C(=O)NC(=O)/C(=C\c3ccc(OS(=O)(=O)c4ccccc4)c(Br)c3)C2=O)cc1C. The fourth-order valence-electron chi connectivity index (χ4n) is 3.35. The second-order valence-corrected chi connectivity index (χ2v) is 10.2. The molecule has 0 saturated carbocycles. The monoisotopic (exact) mass is 554 g/mol. The Hall–Kier alpha value is -3.76. The molecule has 0 atom stereocenters. The van der Waals surface area contributed by atoms with Crippen LogP contribution in [0.3, 0.4) is 0 Å². The number of amides is 4. The number of hydrogen-bond donors (Lipinski definition) is 1. The third-order valence-electron chi connectivity index (χ3n) is 5.35. The Morgan fingerprint density at radius 2 is 1.63 bits per heavy atom. The van der Waals surface area contributed by atoms with Gasteiger partial charge >= 0.3 is 16.1 Å². The first-order valence-electron chi connectivity index (χ1n) is 10.3. The van der Waals surface area contributed by atoms with Crippen molar-refractivity contribution in [2.24, 2.45) is 0 Å². The number of rotatable bonds is 5. The number of carbonyl (C=O) groups is 3. The van der Waals surface area contributed by atoms with Gasteiger partial charge in [0.05, 0.1) is 10.2 Å². The molecule has 178 valence electrons. The molecule has 8 nitrogen and oxygen atoms in total. The van der Waals surface area contributed by atoms with E-state index in [2.05, 4.69) is 21.2 Å². The van der Waals surface area contributed by atoms with E-state index in [0.29, 0.717) is 11.3 Å². The molecule has 35 heavy (non-hydrogen) atoms. The molecule has 1 N–H and O–H groups in total. The van der Waals surface area contributed by atoms with Gasteiger partial charge in [0.25, 0.3) is 11.8 Å². The van der Waals surface area contributed by atoms with E-state index in [1.165, 1.54) is 36.4 Å². The summed E-state index contributed by atoms with van der Waals surface area (Å²) in [6.45, 7) is 3.76. The first-order chi connectivity index (χ1) is 16.6. The Morgan fingerprint density at radius 1 is 0.914 bits per heavy atom. The summed E-state index contributed by atoms with van der Waals surface area (Å²) < 4.78 is 30.5. The van der Waals surface area contributed by atoms with Crippen LogP contribution in [0.5, 0.6) is 5.75 Å². The number of carbonyl (C=O) groups excluding carboxylic acids is 3. The molecule has 0 spiro atoms. The highest BCUT2D eigenvalue weighted by Crippen LogP contribution is 2.30. The molecule has 4 amide bonds. The van der Waals surface area contributed by atoms with E-state index in [0.717, 1.165) is 16.0 Å². The van der Waals surface area contributed by atoms with Crippen molar-refractivity contribution in [3.63, 3.8) is 0 Å². The summed E-state index contributed by atoms with van der Waals surface area (Å²) in [6, 6.07) is 16.3. The first-order valence-corrected chi connectivity index (χ1v) is 12.5. The van der Waals surface area contributed by atoms with Crippen LogP contribution in [0.2, 0.25) is 0 Å². The number of imide groups is 2. The van der Waals surface area contributed by atoms with E-state index >= 15 is 0 Å². The third kappa shape index (κ3) is 5.03. The summed E-state index contributed by atoms with van der Waals surface area (Å²) in [5.74, 6) is -1.57. The van der Waals surface area contributed by atoms with Crippen LogP contribution >= 0.6 is 15.9 Å². The first kappa shape index (κ1) is 24.4. The predicted molar refractivity (Wildman–Crippen MR) is 133 cm³/mol. The number of aryl methyl sites for hydroxylation is 2. The van der Waals surface area contributed by atoms with Crippen molar-refractivity contribution in [3.05, 3.63) is 93.5 Å². The van der Waals surface area contributed by atoms with Crippen molar-refractivity contribution in [2.75, 3.05) is 4.90 Å². The van der Waals surface area contributed by atoms with Crippen molar-refractivity contribution >= 4 is 55.7 Å². The maximum Gasteiger partial charge on any atom is 0.339 e.